The van der Waals surface area contributed by atoms with E-state index in [0.717, 1.165) is 21.5 Å². The number of carbonyl (C=O) groups is 4. The maximum Gasteiger partial charge on any atom is 0.260 e. The van der Waals surface area contributed by atoms with E-state index >= 15 is 4.79 Å². The number of nitrogens with zero attached hydrogens (tertiary/aromatic N) is 2. The number of anilines is 1. The highest BCUT2D eigenvalue weighted by atomic mass is 16.3. The summed E-state index contributed by atoms with van der Waals surface area (Å²) in [7, 11) is 0. The number of fused-ring (bicyclic) bond motifs is 5. The van der Waals surface area contributed by atoms with Gasteiger partial charge in [0.25, 0.3) is 11.8 Å². The van der Waals surface area contributed by atoms with Gasteiger partial charge >= 0.3 is 0 Å². The molecule has 0 bridgehead atoms. The van der Waals surface area contributed by atoms with Crippen molar-refractivity contribution < 1.29 is 24.3 Å². The summed E-state index contributed by atoms with van der Waals surface area (Å²) in [5, 5.41) is 14.7. The van der Waals surface area contributed by atoms with E-state index in [1.807, 2.05) is 104 Å². The first kappa shape index (κ1) is 29.2. The van der Waals surface area contributed by atoms with Gasteiger partial charge in [-0.05, 0) is 55.7 Å². The summed E-state index contributed by atoms with van der Waals surface area (Å²) in [6.07, 6.45) is 2.59. The van der Waals surface area contributed by atoms with Gasteiger partial charge in [0.1, 0.15) is 5.75 Å². The largest absolute Gasteiger partial charge is 0.507 e. The summed E-state index contributed by atoms with van der Waals surface area (Å²) in [6.45, 7) is 4.05. The number of aromatic hydroxyl groups is 1. The molecule has 236 valence electrons. The second-order valence-corrected chi connectivity index (χ2v) is 13.2. The number of imide groups is 2. The molecule has 8 nitrogen and oxygen atoms in total. The molecule has 0 aromatic heterocycles. The number of benzene rings is 4. The summed E-state index contributed by atoms with van der Waals surface area (Å²) < 4.78 is 0. The maximum absolute atomic E-state index is 15.2. The standard InChI is InChI=1S/C39H35N3O5/c1-3-41-35(44)28-20-19-27-30(32(28)37(41)46)21-31-36(45)42(40-25-16-13-22(2)14-17-25)38(47)39(31,24-10-5-4-6-11-24)33(27)29-18-15-23-9-7-8-12-26(23)34(29)43/h4-19,28,30-33,40,43H,3,20-21H2,1-2H3/t28-,30+,31-,32-,33+,39+/m0/s1. The van der Waals surface area contributed by atoms with Gasteiger partial charge in [-0.15, -0.1) is 0 Å². The molecule has 2 N–H and O–H groups in total. The van der Waals surface area contributed by atoms with E-state index in [0.29, 0.717) is 28.6 Å². The summed E-state index contributed by atoms with van der Waals surface area (Å²) in [5.74, 6) is -4.43. The minimum absolute atomic E-state index is 0.0417. The Morgan fingerprint density at radius 2 is 1.55 bits per heavy atom. The Kier molecular flexibility index (Phi) is 6.62. The Morgan fingerprint density at radius 1 is 0.830 bits per heavy atom. The molecule has 0 radical (unpaired) electrons. The van der Waals surface area contributed by atoms with E-state index < -0.39 is 46.8 Å². The van der Waals surface area contributed by atoms with Crippen LogP contribution in [0.1, 0.15) is 42.4 Å². The van der Waals surface area contributed by atoms with Gasteiger partial charge in [0.2, 0.25) is 11.8 Å². The first-order valence-electron chi connectivity index (χ1n) is 16.3. The summed E-state index contributed by atoms with van der Waals surface area (Å²) in [6, 6.07) is 28.1. The minimum Gasteiger partial charge on any atom is -0.507 e. The molecule has 3 fully saturated rings. The molecular formula is C39H35N3O5. The molecule has 8 rings (SSSR count). The number of hydrogen-bond donors (Lipinski definition) is 2. The van der Waals surface area contributed by atoms with Crippen LogP contribution in [0.25, 0.3) is 10.8 Å². The lowest BCUT2D eigenvalue weighted by Gasteiger charge is -2.50. The number of phenols is 1. The van der Waals surface area contributed by atoms with E-state index in [1.165, 1.54) is 4.90 Å². The Bertz CT molecular complexity index is 2000. The Morgan fingerprint density at radius 3 is 2.30 bits per heavy atom. The van der Waals surface area contributed by atoms with Gasteiger partial charge in [-0.3, -0.25) is 29.5 Å². The summed E-state index contributed by atoms with van der Waals surface area (Å²) in [5.41, 5.74) is 5.34. The fraction of sp³-hybridized carbons (Fsp3) is 0.282. The van der Waals surface area contributed by atoms with E-state index in [-0.39, 0.29) is 30.5 Å². The van der Waals surface area contributed by atoms with Gasteiger partial charge in [-0.25, -0.2) is 0 Å². The van der Waals surface area contributed by atoms with E-state index in [4.69, 9.17) is 0 Å². The van der Waals surface area contributed by atoms with Gasteiger partial charge in [0.05, 0.1) is 28.9 Å². The monoisotopic (exact) mass is 625 g/mol. The van der Waals surface area contributed by atoms with Crippen LogP contribution in [0.2, 0.25) is 0 Å². The summed E-state index contributed by atoms with van der Waals surface area (Å²) in [4.78, 5) is 58.6. The zero-order chi connectivity index (χ0) is 32.6. The normalized spacial score (nSPS) is 28.3. The first-order chi connectivity index (χ1) is 22.8. The van der Waals surface area contributed by atoms with Crippen LogP contribution in [0.15, 0.2) is 103 Å². The number of phenolic OH excluding ortho intramolecular Hbond substituents is 1. The van der Waals surface area contributed by atoms with Gasteiger partial charge in [0.15, 0.2) is 0 Å². The molecule has 6 atom stereocenters. The van der Waals surface area contributed by atoms with Crippen molar-refractivity contribution in [3.05, 3.63) is 119 Å². The molecule has 0 unspecified atom stereocenters. The summed E-state index contributed by atoms with van der Waals surface area (Å²) >= 11 is 0. The van der Waals surface area contributed by atoms with Gasteiger partial charge in [-0.2, -0.15) is 5.01 Å². The van der Waals surface area contributed by atoms with Crippen molar-refractivity contribution in [1.29, 1.82) is 0 Å². The molecular weight excluding hydrogens is 590 g/mol. The smallest absolute Gasteiger partial charge is 0.260 e. The average Bonchev–Trinajstić information content (AvgIpc) is 3.47. The Balaban J connectivity index is 1.39. The molecule has 2 aliphatic carbocycles. The van der Waals surface area contributed by atoms with Crippen molar-refractivity contribution >= 4 is 40.1 Å². The fourth-order valence-electron chi connectivity index (χ4n) is 8.97. The third-order valence-electron chi connectivity index (χ3n) is 11.0. The van der Waals surface area contributed by atoms with Crippen molar-refractivity contribution in [3.8, 4) is 5.75 Å². The first-order valence-corrected chi connectivity index (χ1v) is 16.3. The second kappa shape index (κ2) is 10.7. The number of rotatable bonds is 5. The molecule has 2 heterocycles. The van der Waals surface area contributed by atoms with E-state index in [9.17, 15) is 19.5 Å². The number of carbonyl (C=O) groups excluding carboxylic acids is 4. The van der Waals surface area contributed by atoms with Crippen LogP contribution in [0.5, 0.6) is 5.75 Å². The highest BCUT2D eigenvalue weighted by Crippen LogP contribution is 2.65. The predicted molar refractivity (Wildman–Crippen MR) is 177 cm³/mol. The lowest BCUT2D eigenvalue weighted by Crippen LogP contribution is -2.53. The molecule has 0 spiro atoms. The lowest BCUT2D eigenvalue weighted by atomic mass is 9.49. The number of nitrogens with one attached hydrogen (secondary N) is 1. The van der Waals surface area contributed by atoms with Crippen molar-refractivity contribution in [2.24, 2.45) is 23.7 Å². The predicted octanol–water partition coefficient (Wildman–Crippen LogP) is 5.86. The number of hydrazine groups is 1. The van der Waals surface area contributed by atoms with Gasteiger partial charge in [0, 0.05) is 23.4 Å². The van der Waals surface area contributed by atoms with Crippen molar-refractivity contribution in [2.75, 3.05) is 12.0 Å². The maximum atomic E-state index is 15.2. The van der Waals surface area contributed by atoms with Crippen LogP contribution in [-0.2, 0) is 24.6 Å². The molecule has 2 aliphatic heterocycles. The van der Waals surface area contributed by atoms with Crippen molar-refractivity contribution in [2.45, 2.75) is 38.0 Å². The average molecular weight is 626 g/mol. The SMILES string of the molecule is CCN1C(=O)[C@H]2[C@H](CC=C3[C@H]2C[C@H]2C(=O)N(Nc4ccc(C)cc4)C(=O)[C@@]2(c2ccccc2)[C@H]3c2ccc3ccccc3c2O)C1=O. The Hall–Kier alpha value is -5.24. The van der Waals surface area contributed by atoms with Crippen LogP contribution in [-0.4, -0.2) is 45.2 Å². The van der Waals surface area contributed by atoms with Crippen LogP contribution in [0.4, 0.5) is 5.69 Å². The van der Waals surface area contributed by atoms with Crippen LogP contribution >= 0.6 is 0 Å². The van der Waals surface area contributed by atoms with Crippen molar-refractivity contribution in [3.63, 3.8) is 0 Å². The zero-order valence-electron chi connectivity index (χ0n) is 26.2. The molecule has 2 saturated heterocycles. The zero-order valence-corrected chi connectivity index (χ0v) is 26.2. The minimum atomic E-state index is -1.43. The Labute approximate surface area is 272 Å². The topological polar surface area (TPSA) is 107 Å². The second-order valence-electron chi connectivity index (χ2n) is 13.2. The molecule has 8 heteroatoms. The number of aryl methyl sites for hydroxylation is 1. The van der Waals surface area contributed by atoms with Gasteiger partial charge < -0.3 is 5.11 Å². The molecule has 4 aromatic rings. The van der Waals surface area contributed by atoms with E-state index in [2.05, 4.69) is 5.43 Å². The molecule has 4 aliphatic rings. The molecule has 4 amide bonds. The molecule has 1 saturated carbocycles. The van der Waals surface area contributed by atoms with Crippen LogP contribution < -0.4 is 5.43 Å². The number of hydrogen-bond acceptors (Lipinski definition) is 6. The van der Waals surface area contributed by atoms with Crippen LogP contribution in [0.3, 0.4) is 0 Å². The molecule has 47 heavy (non-hydrogen) atoms. The highest BCUT2D eigenvalue weighted by molar-refractivity contribution is 6.13. The third kappa shape index (κ3) is 4.00. The highest BCUT2D eigenvalue weighted by Gasteiger charge is 2.70. The van der Waals surface area contributed by atoms with E-state index in [1.54, 1.807) is 6.92 Å². The number of amides is 4. The number of likely N-dealkylation sites (tertiary alicyclic amines) is 1. The van der Waals surface area contributed by atoms with Crippen LogP contribution in [0, 0.1) is 30.6 Å². The molecule has 4 aromatic carbocycles. The lowest BCUT2D eigenvalue weighted by molar-refractivity contribution is -0.141. The fourth-order valence-corrected chi connectivity index (χ4v) is 8.97. The quantitative estimate of drug-likeness (QED) is 0.213. The third-order valence-corrected chi connectivity index (χ3v) is 11.0. The van der Waals surface area contributed by atoms with Gasteiger partial charge in [-0.1, -0.05) is 96.1 Å². The number of allylic oxidation sites excluding steroid dienone is 2. The van der Waals surface area contributed by atoms with Crippen molar-refractivity contribution in [1.82, 2.24) is 9.91 Å².